The molecule has 3 nitrogen and oxygen atoms in total. The predicted molar refractivity (Wildman–Crippen MR) is 126 cm³/mol. The molecule has 0 unspecified atom stereocenters. The fourth-order valence-electron chi connectivity index (χ4n) is 4.78. The van der Waals surface area contributed by atoms with Gasteiger partial charge in [0.25, 0.3) is 0 Å². The number of rotatable bonds is 2. The Morgan fingerprint density at radius 1 is 0.613 bits per heavy atom. The van der Waals surface area contributed by atoms with E-state index in [0.717, 1.165) is 39.6 Å². The monoisotopic (exact) mass is 399 g/mol. The molecule has 0 saturated carbocycles. The van der Waals surface area contributed by atoms with Gasteiger partial charge < -0.3 is 0 Å². The van der Waals surface area contributed by atoms with Crippen LogP contribution in [0.15, 0.2) is 91.1 Å². The van der Waals surface area contributed by atoms with Crippen LogP contribution in [-0.4, -0.2) is 15.0 Å². The van der Waals surface area contributed by atoms with Crippen molar-refractivity contribution in [1.29, 1.82) is 0 Å². The van der Waals surface area contributed by atoms with E-state index in [1.165, 1.54) is 16.3 Å². The second kappa shape index (κ2) is 6.58. The van der Waals surface area contributed by atoms with Crippen molar-refractivity contribution in [2.24, 2.45) is 0 Å². The summed E-state index contributed by atoms with van der Waals surface area (Å²) < 4.78 is 0. The zero-order chi connectivity index (χ0) is 21.0. The van der Waals surface area contributed by atoms with Crippen molar-refractivity contribution in [2.45, 2.75) is 19.3 Å². The number of pyridine rings is 1. The van der Waals surface area contributed by atoms with Crippen LogP contribution in [0.1, 0.15) is 25.1 Å². The summed E-state index contributed by atoms with van der Waals surface area (Å²) in [5.41, 5.74) is 7.19. The zero-order valence-electron chi connectivity index (χ0n) is 17.5. The molecule has 0 amide bonds. The summed E-state index contributed by atoms with van der Waals surface area (Å²) in [4.78, 5) is 15.0. The van der Waals surface area contributed by atoms with Crippen molar-refractivity contribution in [1.82, 2.24) is 15.0 Å². The third-order valence-corrected chi connectivity index (χ3v) is 6.25. The van der Waals surface area contributed by atoms with E-state index < -0.39 is 0 Å². The van der Waals surface area contributed by atoms with Crippen molar-refractivity contribution in [2.75, 3.05) is 0 Å². The quantitative estimate of drug-likeness (QED) is 0.333. The highest BCUT2D eigenvalue weighted by Crippen LogP contribution is 2.51. The summed E-state index contributed by atoms with van der Waals surface area (Å²) in [6, 6.07) is 29.1. The Kier molecular flexibility index (Phi) is 3.81. The highest BCUT2D eigenvalue weighted by molar-refractivity contribution is 6.02. The second-order valence-corrected chi connectivity index (χ2v) is 8.54. The summed E-state index contributed by atoms with van der Waals surface area (Å²) in [5, 5.41) is 2.40. The molecule has 0 atom stereocenters. The first kappa shape index (κ1) is 18.0. The molecule has 0 N–H and O–H groups in total. The van der Waals surface area contributed by atoms with Gasteiger partial charge in [0.1, 0.15) is 0 Å². The van der Waals surface area contributed by atoms with Crippen LogP contribution in [0.3, 0.4) is 0 Å². The first-order valence-corrected chi connectivity index (χ1v) is 10.6. The van der Waals surface area contributed by atoms with E-state index in [2.05, 4.69) is 74.5 Å². The smallest absolute Gasteiger partial charge is 0.159 e. The zero-order valence-corrected chi connectivity index (χ0v) is 17.5. The molecule has 3 heteroatoms. The van der Waals surface area contributed by atoms with Crippen molar-refractivity contribution >= 4 is 10.8 Å². The lowest BCUT2D eigenvalue weighted by Crippen LogP contribution is -2.18. The number of fused-ring (bicyclic) bond motifs is 5. The lowest BCUT2D eigenvalue weighted by atomic mass is 9.82. The lowest BCUT2D eigenvalue weighted by Gasteiger charge is -2.22. The van der Waals surface area contributed by atoms with E-state index >= 15 is 0 Å². The summed E-state index contributed by atoms with van der Waals surface area (Å²) in [6.07, 6.45) is 1.95. The molecular formula is C28H21N3. The van der Waals surface area contributed by atoms with E-state index in [4.69, 9.17) is 15.0 Å². The summed E-state index contributed by atoms with van der Waals surface area (Å²) in [6.45, 7) is 4.49. The molecule has 6 rings (SSSR count). The number of hydrogen-bond donors (Lipinski definition) is 0. The third-order valence-electron chi connectivity index (χ3n) is 6.25. The molecule has 0 radical (unpaired) electrons. The van der Waals surface area contributed by atoms with Crippen molar-refractivity contribution < 1.29 is 0 Å². The van der Waals surface area contributed by atoms with Gasteiger partial charge in [0, 0.05) is 33.7 Å². The van der Waals surface area contributed by atoms with Crippen LogP contribution in [0, 0.1) is 0 Å². The van der Waals surface area contributed by atoms with E-state index in [1.54, 1.807) is 0 Å². The maximum Gasteiger partial charge on any atom is 0.159 e. The van der Waals surface area contributed by atoms with Crippen molar-refractivity contribution in [3.05, 3.63) is 102 Å². The molecule has 0 bridgehead atoms. The summed E-state index contributed by atoms with van der Waals surface area (Å²) >= 11 is 0. The van der Waals surface area contributed by atoms with E-state index in [1.807, 2.05) is 30.5 Å². The second-order valence-electron chi connectivity index (χ2n) is 8.54. The fourth-order valence-corrected chi connectivity index (χ4v) is 4.78. The SMILES string of the molecule is CC1(C)c2nc(-c3ccccc3)ncc2-c2nc(-c3ccccc3)c3ccccc3c21. The topological polar surface area (TPSA) is 38.7 Å². The minimum atomic E-state index is -0.265. The van der Waals surface area contributed by atoms with E-state index in [0.29, 0.717) is 0 Å². The standard InChI is InChI=1S/C28H21N3/c1-28(2)23-20-15-9-10-16-21(20)24(18-11-5-3-6-12-18)30-25(23)22-17-29-27(31-26(22)28)19-13-7-4-8-14-19/h3-17H,1-2H3. The fraction of sp³-hybridized carbons (Fsp3) is 0.107. The van der Waals surface area contributed by atoms with Crippen LogP contribution in [0.5, 0.6) is 0 Å². The van der Waals surface area contributed by atoms with Crippen LogP contribution in [0.2, 0.25) is 0 Å². The Labute approximate surface area is 181 Å². The molecule has 2 aromatic heterocycles. The molecule has 0 spiro atoms. The normalized spacial score (nSPS) is 13.7. The van der Waals surface area contributed by atoms with Gasteiger partial charge in [0.05, 0.1) is 17.1 Å². The summed E-state index contributed by atoms with van der Waals surface area (Å²) in [5.74, 6) is 0.757. The molecular weight excluding hydrogens is 378 g/mol. The Bertz CT molecular complexity index is 1440. The van der Waals surface area contributed by atoms with Gasteiger partial charge in [-0.15, -0.1) is 0 Å². The Morgan fingerprint density at radius 3 is 1.94 bits per heavy atom. The van der Waals surface area contributed by atoms with Gasteiger partial charge in [-0.1, -0.05) is 98.8 Å². The Morgan fingerprint density at radius 2 is 1.23 bits per heavy atom. The van der Waals surface area contributed by atoms with Gasteiger partial charge in [0.2, 0.25) is 0 Å². The van der Waals surface area contributed by atoms with Gasteiger partial charge >= 0.3 is 0 Å². The predicted octanol–water partition coefficient (Wildman–Crippen LogP) is 6.67. The van der Waals surface area contributed by atoms with Crippen LogP contribution >= 0.6 is 0 Å². The van der Waals surface area contributed by atoms with Crippen LogP contribution in [-0.2, 0) is 5.41 Å². The van der Waals surface area contributed by atoms with Crippen LogP contribution in [0.25, 0.3) is 44.7 Å². The average Bonchev–Trinajstić information content (AvgIpc) is 3.06. The molecule has 2 heterocycles. The molecule has 5 aromatic rings. The molecule has 3 aromatic carbocycles. The highest BCUT2D eigenvalue weighted by Gasteiger charge is 2.40. The molecule has 148 valence electrons. The first-order valence-electron chi connectivity index (χ1n) is 10.6. The third kappa shape index (κ3) is 2.63. The number of benzene rings is 3. The number of aromatic nitrogens is 3. The minimum absolute atomic E-state index is 0.265. The van der Waals surface area contributed by atoms with Crippen molar-refractivity contribution in [3.63, 3.8) is 0 Å². The average molecular weight is 399 g/mol. The molecule has 31 heavy (non-hydrogen) atoms. The van der Waals surface area contributed by atoms with Gasteiger partial charge in [-0.3, -0.25) is 0 Å². The lowest BCUT2D eigenvalue weighted by molar-refractivity contribution is 0.640. The van der Waals surface area contributed by atoms with Gasteiger partial charge in [-0.2, -0.15) is 0 Å². The molecule has 0 aliphatic heterocycles. The van der Waals surface area contributed by atoms with E-state index in [9.17, 15) is 0 Å². The van der Waals surface area contributed by atoms with Gasteiger partial charge in [0.15, 0.2) is 5.82 Å². The van der Waals surface area contributed by atoms with E-state index in [-0.39, 0.29) is 5.41 Å². The summed E-state index contributed by atoms with van der Waals surface area (Å²) in [7, 11) is 0. The number of hydrogen-bond acceptors (Lipinski definition) is 3. The highest BCUT2D eigenvalue weighted by atomic mass is 14.9. The van der Waals surface area contributed by atoms with Crippen molar-refractivity contribution in [3.8, 4) is 33.9 Å². The molecule has 1 aliphatic rings. The largest absolute Gasteiger partial charge is 0.247 e. The van der Waals surface area contributed by atoms with Crippen LogP contribution in [0.4, 0.5) is 0 Å². The Balaban J connectivity index is 1.66. The molecule has 0 fully saturated rings. The number of nitrogens with zero attached hydrogens (tertiary/aromatic N) is 3. The molecule has 1 aliphatic carbocycles. The maximum atomic E-state index is 5.21. The van der Waals surface area contributed by atoms with Gasteiger partial charge in [-0.25, -0.2) is 15.0 Å². The minimum Gasteiger partial charge on any atom is -0.247 e. The van der Waals surface area contributed by atoms with Gasteiger partial charge in [-0.05, 0) is 10.9 Å². The Hall–Kier alpha value is -3.85. The molecule has 0 saturated heterocycles. The van der Waals surface area contributed by atoms with Crippen LogP contribution < -0.4 is 0 Å². The first-order chi connectivity index (χ1) is 15.1. The maximum absolute atomic E-state index is 5.21.